The van der Waals surface area contributed by atoms with Gasteiger partial charge in [0.2, 0.25) is 5.91 Å². The van der Waals surface area contributed by atoms with E-state index in [4.69, 9.17) is 14.2 Å². The fourth-order valence-electron chi connectivity index (χ4n) is 2.44. The number of benzene rings is 2. The quantitative estimate of drug-likeness (QED) is 0.848. The molecule has 0 radical (unpaired) electrons. The molecule has 0 aliphatic carbocycles. The number of carbonyl (C=O) groups excluding carboxylic acids is 1. The summed E-state index contributed by atoms with van der Waals surface area (Å²) in [5, 5.41) is 2.94. The summed E-state index contributed by atoms with van der Waals surface area (Å²) in [6, 6.07) is 11.3. The van der Waals surface area contributed by atoms with Gasteiger partial charge in [0.1, 0.15) is 5.75 Å². The van der Waals surface area contributed by atoms with Gasteiger partial charge in [0.05, 0.1) is 27.8 Å². The predicted octanol–water partition coefficient (Wildman–Crippen LogP) is 2.88. The van der Waals surface area contributed by atoms with Crippen molar-refractivity contribution in [1.82, 2.24) is 5.32 Å². The molecule has 2 rings (SSSR count). The van der Waals surface area contributed by atoms with Crippen LogP contribution in [0, 0.1) is 6.92 Å². The zero-order valence-electron chi connectivity index (χ0n) is 14.5. The molecule has 5 nitrogen and oxygen atoms in total. The van der Waals surface area contributed by atoms with Crippen molar-refractivity contribution in [2.45, 2.75) is 19.9 Å². The monoisotopic (exact) mass is 329 g/mol. The van der Waals surface area contributed by atoms with Crippen molar-refractivity contribution < 1.29 is 19.0 Å². The van der Waals surface area contributed by atoms with Crippen LogP contribution in [-0.4, -0.2) is 27.2 Å². The van der Waals surface area contributed by atoms with Gasteiger partial charge < -0.3 is 19.5 Å². The topological polar surface area (TPSA) is 56.8 Å². The first kappa shape index (κ1) is 17.7. The van der Waals surface area contributed by atoms with Crippen LogP contribution < -0.4 is 19.5 Å². The molecule has 0 saturated carbocycles. The first-order chi connectivity index (χ1) is 11.6. The summed E-state index contributed by atoms with van der Waals surface area (Å²) in [7, 11) is 4.81. The first-order valence-corrected chi connectivity index (χ1v) is 7.68. The second-order valence-electron chi connectivity index (χ2n) is 5.44. The van der Waals surface area contributed by atoms with Crippen molar-refractivity contribution in [1.29, 1.82) is 0 Å². The summed E-state index contributed by atoms with van der Waals surface area (Å²) in [6.07, 6.45) is 0.309. The van der Waals surface area contributed by atoms with Crippen molar-refractivity contribution in [2.75, 3.05) is 21.3 Å². The van der Waals surface area contributed by atoms with Crippen LogP contribution in [0.3, 0.4) is 0 Å². The number of nitrogens with one attached hydrogen (secondary N) is 1. The highest BCUT2D eigenvalue weighted by molar-refractivity contribution is 5.78. The lowest BCUT2D eigenvalue weighted by Crippen LogP contribution is -2.25. The van der Waals surface area contributed by atoms with Crippen LogP contribution in [0.1, 0.15) is 16.7 Å². The molecule has 0 bridgehead atoms. The highest BCUT2D eigenvalue weighted by atomic mass is 16.5. The molecule has 0 fully saturated rings. The van der Waals surface area contributed by atoms with E-state index in [0.717, 1.165) is 22.4 Å². The molecule has 0 saturated heterocycles. The van der Waals surface area contributed by atoms with E-state index in [1.54, 1.807) is 21.3 Å². The third kappa shape index (κ3) is 4.41. The standard InChI is InChI=1S/C19H23NO4/c1-13-8-17(23-3)18(24-4)11-15(13)12-20-19(21)10-14-6-5-7-16(9-14)22-2/h5-9,11H,10,12H2,1-4H3,(H,20,21). The molecule has 1 N–H and O–H groups in total. The molecule has 0 atom stereocenters. The molecule has 0 spiro atoms. The van der Waals surface area contributed by atoms with E-state index in [1.165, 1.54) is 0 Å². The molecule has 0 aromatic heterocycles. The van der Waals surface area contributed by atoms with Crippen LogP contribution in [-0.2, 0) is 17.8 Å². The Bertz CT molecular complexity index is 713. The Morgan fingerprint density at radius 3 is 2.38 bits per heavy atom. The lowest BCUT2D eigenvalue weighted by atomic mass is 10.1. The SMILES string of the molecule is COc1cccc(CC(=O)NCc2cc(OC)c(OC)cc2C)c1. The van der Waals surface area contributed by atoms with Gasteiger partial charge in [-0.2, -0.15) is 0 Å². The Morgan fingerprint density at radius 1 is 1.00 bits per heavy atom. The number of methoxy groups -OCH3 is 3. The molecular formula is C19H23NO4. The van der Waals surface area contributed by atoms with Crippen LogP contribution in [0.4, 0.5) is 0 Å². The Kier molecular flexibility index (Phi) is 6.07. The smallest absolute Gasteiger partial charge is 0.224 e. The van der Waals surface area contributed by atoms with Crippen LogP contribution in [0.5, 0.6) is 17.2 Å². The van der Waals surface area contributed by atoms with Crippen LogP contribution in [0.2, 0.25) is 0 Å². The molecule has 2 aromatic carbocycles. The molecule has 0 aliphatic rings. The number of aryl methyl sites for hydroxylation is 1. The zero-order valence-corrected chi connectivity index (χ0v) is 14.5. The number of hydrogen-bond donors (Lipinski definition) is 1. The van der Waals surface area contributed by atoms with E-state index in [-0.39, 0.29) is 5.91 Å². The normalized spacial score (nSPS) is 10.2. The fourth-order valence-corrected chi connectivity index (χ4v) is 2.44. The van der Waals surface area contributed by atoms with Crippen molar-refractivity contribution in [3.05, 3.63) is 53.1 Å². The highest BCUT2D eigenvalue weighted by Crippen LogP contribution is 2.30. The van der Waals surface area contributed by atoms with E-state index < -0.39 is 0 Å². The second-order valence-corrected chi connectivity index (χ2v) is 5.44. The van der Waals surface area contributed by atoms with Crippen LogP contribution in [0.15, 0.2) is 36.4 Å². The molecule has 24 heavy (non-hydrogen) atoms. The summed E-state index contributed by atoms with van der Waals surface area (Å²) in [5.41, 5.74) is 2.94. The Balaban J connectivity index is 2.01. The van der Waals surface area contributed by atoms with Gasteiger partial charge in [0, 0.05) is 6.54 Å². The van der Waals surface area contributed by atoms with Crippen LogP contribution >= 0.6 is 0 Å². The highest BCUT2D eigenvalue weighted by Gasteiger charge is 2.10. The molecule has 0 heterocycles. The number of ether oxygens (including phenoxy) is 3. The van der Waals surface area contributed by atoms with Crippen LogP contribution in [0.25, 0.3) is 0 Å². The van der Waals surface area contributed by atoms with Crippen molar-refractivity contribution >= 4 is 5.91 Å². The summed E-state index contributed by atoms with van der Waals surface area (Å²) in [4.78, 5) is 12.2. The Labute approximate surface area is 142 Å². The number of carbonyl (C=O) groups is 1. The van der Waals surface area contributed by atoms with E-state index in [1.807, 2.05) is 43.3 Å². The van der Waals surface area contributed by atoms with Gasteiger partial charge in [-0.05, 0) is 47.9 Å². The minimum atomic E-state index is -0.0440. The maximum Gasteiger partial charge on any atom is 0.224 e. The molecule has 1 amide bonds. The molecule has 0 aliphatic heterocycles. The average Bonchev–Trinajstić information content (AvgIpc) is 2.60. The van der Waals surface area contributed by atoms with Gasteiger partial charge >= 0.3 is 0 Å². The van der Waals surface area contributed by atoms with Gasteiger partial charge in [0.15, 0.2) is 11.5 Å². The summed E-state index contributed by atoms with van der Waals surface area (Å²) < 4.78 is 15.8. The lowest BCUT2D eigenvalue weighted by Gasteiger charge is -2.13. The minimum Gasteiger partial charge on any atom is -0.497 e. The summed E-state index contributed by atoms with van der Waals surface area (Å²) >= 11 is 0. The number of amides is 1. The largest absolute Gasteiger partial charge is 0.497 e. The molecule has 0 unspecified atom stereocenters. The van der Waals surface area contributed by atoms with E-state index in [0.29, 0.717) is 24.5 Å². The maximum atomic E-state index is 12.2. The number of hydrogen-bond acceptors (Lipinski definition) is 4. The van der Waals surface area contributed by atoms with Crippen molar-refractivity contribution in [3.63, 3.8) is 0 Å². The third-order valence-electron chi connectivity index (χ3n) is 3.82. The molecule has 5 heteroatoms. The third-order valence-corrected chi connectivity index (χ3v) is 3.82. The Hall–Kier alpha value is -2.69. The molecule has 2 aromatic rings. The maximum absolute atomic E-state index is 12.2. The summed E-state index contributed by atoms with van der Waals surface area (Å²) in [5.74, 6) is 2.04. The average molecular weight is 329 g/mol. The molecular weight excluding hydrogens is 306 g/mol. The van der Waals surface area contributed by atoms with E-state index >= 15 is 0 Å². The predicted molar refractivity (Wildman–Crippen MR) is 92.8 cm³/mol. The zero-order chi connectivity index (χ0) is 17.5. The second kappa shape index (κ2) is 8.24. The fraction of sp³-hybridized carbons (Fsp3) is 0.316. The lowest BCUT2D eigenvalue weighted by molar-refractivity contribution is -0.120. The van der Waals surface area contributed by atoms with E-state index in [9.17, 15) is 4.79 Å². The van der Waals surface area contributed by atoms with Gasteiger partial charge in [-0.1, -0.05) is 12.1 Å². The Morgan fingerprint density at radius 2 is 1.71 bits per heavy atom. The number of rotatable bonds is 7. The van der Waals surface area contributed by atoms with Gasteiger partial charge in [-0.3, -0.25) is 4.79 Å². The summed E-state index contributed by atoms with van der Waals surface area (Å²) in [6.45, 7) is 2.42. The van der Waals surface area contributed by atoms with Crippen molar-refractivity contribution in [3.8, 4) is 17.2 Å². The van der Waals surface area contributed by atoms with Gasteiger partial charge in [-0.25, -0.2) is 0 Å². The van der Waals surface area contributed by atoms with Gasteiger partial charge in [-0.15, -0.1) is 0 Å². The van der Waals surface area contributed by atoms with Crippen molar-refractivity contribution in [2.24, 2.45) is 0 Å². The molecule has 128 valence electrons. The van der Waals surface area contributed by atoms with Gasteiger partial charge in [0.25, 0.3) is 0 Å². The van der Waals surface area contributed by atoms with E-state index in [2.05, 4.69) is 5.32 Å². The first-order valence-electron chi connectivity index (χ1n) is 7.68. The minimum absolute atomic E-state index is 0.0440.